The van der Waals surface area contributed by atoms with Crippen LogP contribution in [-0.2, 0) is 11.8 Å². The Labute approximate surface area is 170 Å². The van der Waals surface area contributed by atoms with Gasteiger partial charge < -0.3 is 10.1 Å². The van der Waals surface area contributed by atoms with E-state index in [1.165, 1.54) is 0 Å². The molecular weight excluding hydrogens is 364 g/mol. The first-order chi connectivity index (χ1) is 14.0. The van der Waals surface area contributed by atoms with Gasteiger partial charge in [-0.25, -0.2) is 4.98 Å². The SMILES string of the molecule is Cc1nn(C)c2nc(-c3ccccc3)cc(C(=O)NC3CCC4(CC3)COC4)c12. The Morgan fingerprint density at radius 3 is 2.59 bits per heavy atom. The highest BCUT2D eigenvalue weighted by molar-refractivity contribution is 6.07. The van der Waals surface area contributed by atoms with Gasteiger partial charge in [0.15, 0.2) is 5.65 Å². The molecule has 6 heteroatoms. The normalized spacial score (nSPS) is 18.7. The number of pyridine rings is 1. The van der Waals surface area contributed by atoms with Gasteiger partial charge in [-0.2, -0.15) is 5.10 Å². The summed E-state index contributed by atoms with van der Waals surface area (Å²) < 4.78 is 7.18. The second-order valence-corrected chi connectivity index (χ2v) is 8.57. The average Bonchev–Trinajstić information content (AvgIpc) is 3.01. The van der Waals surface area contributed by atoms with Crippen LogP contribution in [0.25, 0.3) is 22.3 Å². The van der Waals surface area contributed by atoms with Crippen molar-refractivity contribution in [2.24, 2.45) is 12.5 Å². The van der Waals surface area contributed by atoms with Gasteiger partial charge in [0.05, 0.1) is 35.6 Å². The molecule has 1 aliphatic heterocycles. The van der Waals surface area contributed by atoms with Crippen molar-refractivity contribution >= 4 is 16.9 Å². The van der Waals surface area contributed by atoms with Crippen molar-refractivity contribution < 1.29 is 9.53 Å². The number of amides is 1. The maximum Gasteiger partial charge on any atom is 0.252 e. The number of rotatable bonds is 3. The average molecular weight is 390 g/mol. The van der Waals surface area contributed by atoms with E-state index in [4.69, 9.17) is 9.72 Å². The molecule has 0 unspecified atom stereocenters. The maximum absolute atomic E-state index is 13.3. The van der Waals surface area contributed by atoms with Crippen molar-refractivity contribution in [2.75, 3.05) is 13.2 Å². The molecule has 1 saturated carbocycles. The smallest absolute Gasteiger partial charge is 0.252 e. The van der Waals surface area contributed by atoms with Crippen LogP contribution in [0.1, 0.15) is 41.7 Å². The highest BCUT2D eigenvalue weighted by Gasteiger charge is 2.41. The summed E-state index contributed by atoms with van der Waals surface area (Å²) in [5.74, 6) is -0.0310. The molecule has 1 spiro atoms. The molecule has 1 aliphatic carbocycles. The summed E-state index contributed by atoms with van der Waals surface area (Å²) in [7, 11) is 1.88. The van der Waals surface area contributed by atoms with Crippen molar-refractivity contribution in [1.82, 2.24) is 20.1 Å². The Morgan fingerprint density at radius 2 is 1.93 bits per heavy atom. The van der Waals surface area contributed by atoms with Gasteiger partial charge in [0.2, 0.25) is 0 Å². The fraction of sp³-hybridized carbons (Fsp3) is 0.435. The van der Waals surface area contributed by atoms with E-state index in [0.717, 1.165) is 66.9 Å². The second kappa shape index (κ2) is 6.95. The van der Waals surface area contributed by atoms with E-state index < -0.39 is 0 Å². The molecular formula is C23H26N4O2. The van der Waals surface area contributed by atoms with Crippen molar-refractivity contribution in [2.45, 2.75) is 38.6 Å². The molecule has 29 heavy (non-hydrogen) atoms. The molecule has 1 amide bonds. The molecule has 2 aliphatic rings. The van der Waals surface area contributed by atoms with Crippen molar-refractivity contribution in [1.29, 1.82) is 0 Å². The number of aromatic nitrogens is 3. The predicted molar refractivity (Wildman–Crippen MR) is 112 cm³/mol. The number of carbonyl (C=O) groups excluding carboxylic acids is 1. The number of hydrogen-bond donors (Lipinski definition) is 1. The molecule has 1 saturated heterocycles. The molecule has 150 valence electrons. The lowest BCUT2D eigenvalue weighted by Crippen LogP contribution is -2.49. The standard InChI is InChI=1S/C23H26N4O2/c1-15-20-18(22(28)24-17-8-10-23(11-9-17)13-29-14-23)12-19(16-6-4-3-5-7-16)25-21(20)27(2)26-15/h3-7,12,17H,8-11,13-14H2,1-2H3,(H,24,28). The van der Waals surface area contributed by atoms with Crippen LogP contribution >= 0.6 is 0 Å². The third-order valence-corrected chi connectivity index (χ3v) is 6.48. The van der Waals surface area contributed by atoms with Gasteiger partial charge in [0.25, 0.3) is 5.91 Å². The summed E-state index contributed by atoms with van der Waals surface area (Å²) in [5.41, 5.74) is 4.39. The molecule has 5 rings (SSSR count). The van der Waals surface area contributed by atoms with E-state index in [9.17, 15) is 4.79 Å². The lowest BCUT2D eigenvalue weighted by atomic mass is 9.71. The van der Waals surface area contributed by atoms with E-state index in [-0.39, 0.29) is 11.9 Å². The number of hydrogen-bond acceptors (Lipinski definition) is 4. The van der Waals surface area contributed by atoms with Crippen LogP contribution in [0.2, 0.25) is 0 Å². The summed E-state index contributed by atoms with van der Waals surface area (Å²) >= 11 is 0. The number of fused-ring (bicyclic) bond motifs is 1. The molecule has 2 aromatic heterocycles. The van der Waals surface area contributed by atoms with E-state index in [1.807, 2.05) is 50.4 Å². The third kappa shape index (κ3) is 3.21. The first-order valence-electron chi connectivity index (χ1n) is 10.3. The summed E-state index contributed by atoms with van der Waals surface area (Å²) in [5, 5.41) is 8.63. The van der Waals surface area contributed by atoms with E-state index >= 15 is 0 Å². The number of aryl methyl sites for hydroxylation is 2. The van der Waals surface area contributed by atoms with Crippen LogP contribution in [0.15, 0.2) is 36.4 Å². The highest BCUT2D eigenvalue weighted by atomic mass is 16.5. The Hall–Kier alpha value is -2.73. The Bertz CT molecular complexity index is 1060. The van der Waals surface area contributed by atoms with Gasteiger partial charge in [-0.15, -0.1) is 0 Å². The molecule has 3 aromatic rings. The molecule has 6 nitrogen and oxygen atoms in total. The maximum atomic E-state index is 13.3. The predicted octanol–water partition coefficient (Wildman–Crippen LogP) is 3.63. The quantitative estimate of drug-likeness (QED) is 0.741. The zero-order chi connectivity index (χ0) is 20.0. The van der Waals surface area contributed by atoms with Crippen LogP contribution in [0.5, 0.6) is 0 Å². The minimum absolute atomic E-state index is 0.0310. The summed E-state index contributed by atoms with van der Waals surface area (Å²) in [6.45, 7) is 3.70. The number of ether oxygens (including phenoxy) is 1. The van der Waals surface area contributed by atoms with Gasteiger partial charge in [0.1, 0.15) is 0 Å². The first-order valence-corrected chi connectivity index (χ1v) is 10.3. The van der Waals surface area contributed by atoms with Gasteiger partial charge in [-0.1, -0.05) is 30.3 Å². The first kappa shape index (κ1) is 18.3. The molecule has 0 radical (unpaired) electrons. The Kier molecular flexibility index (Phi) is 4.39. The topological polar surface area (TPSA) is 69.0 Å². The van der Waals surface area contributed by atoms with Crippen LogP contribution < -0.4 is 5.32 Å². The molecule has 2 fully saturated rings. The highest BCUT2D eigenvalue weighted by Crippen LogP contribution is 2.42. The second-order valence-electron chi connectivity index (χ2n) is 8.57. The Balaban J connectivity index is 1.47. The monoisotopic (exact) mass is 390 g/mol. The third-order valence-electron chi connectivity index (χ3n) is 6.48. The number of carbonyl (C=O) groups is 1. The van der Waals surface area contributed by atoms with Gasteiger partial charge in [0, 0.05) is 24.1 Å². The van der Waals surface area contributed by atoms with Crippen molar-refractivity contribution in [3.8, 4) is 11.3 Å². The van der Waals surface area contributed by atoms with Gasteiger partial charge in [-0.05, 0) is 38.7 Å². The zero-order valence-electron chi connectivity index (χ0n) is 16.9. The van der Waals surface area contributed by atoms with Crippen LogP contribution in [0, 0.1) is 12.3 Å². The van der Waals surface area contributed by atoms with E-state index in [1.54, 1.807) is 4.68 Å². The Morgan fingerprint density at radius 1 is 1.21 bits per heavy atom. The minimum Gasteiger partial charge on any atom is -0.380 e. The van der Waals surface area contributed by atoms with E-state index in [2.05, 4.69) is 10.4 Å². The summed E-state index contributed by atoms with van der Waals surface area (Å²) in [4.78, 5) is 18.1. The lowest BCUT2D eigenvalue weighted by Gasteiger charge is -2.46. The van der Waals surface area contributed by atoms with Crippen LogP contribution in [0.3, 0.4) is 0 Å². The zero-order valence-corrected chi connectivity index (χ0v) is 16.9. The summed E-state index contributed by atoms with van der Waals surface area (Å²) in [6, 6.07) is 12.1. The number of benzene rings is 1. The van der Waals surface area contributed by atoms with Crippen molar-refractivity contribution in [3.63, 3.8) is 0 Å². The lowest BCUT2D eigenvalue weighted by molar-refractivity contribution is -0.133. The van der Waals surface area contributed by atoms with Crippen LogP contribution in [-0.4, -0.2) is 39.9 Å². The minimum atomic E-state index is -0.0310. The largest absolute Gasteiger partial charge is 0.380 e. The molecule has 1 aromatic carbocycles. The number of nitrogens with one attached hydrogen (secondary N) is 1. The fourth-order valence-corrected chi connectivity index (χ4v) is 4.70. The van der Waals surface area contributed by atoms with E-state index in [0.29, 0.717) is 11.0 Å². The molecule has 1 N–H and O–H groups in total. The van der Waals surface area contributed by atoms with Crippen molar-refractivity contribution in [3.05, 3.63) is 47.7 Å². The molecule has 0 bridgehead atoms. The summed E-state index contributed by atoms with van der Waals surface area (Å²) in [6.07, 6.45) is 4.29. The molecule has 0 atom stereocenters. The fourth-order valence-electron chi connectivity index (χ4n) is 4.70. The number of nitrogens with zero attached hydrogens (tertiary/aromatic N) is 3. The van der Waals surface area contributed by atoms with Gasteiger partial charge >= 0.3 is 0 Å². The molecule has 3 heterocycles. The van der Waals surface area contributed by atoms with Gasteiger partial charge in [-0.3, -0.25) is 9.48 Å². The van der Waals surface area contributed by atoms with Crippen LogP contribution in [0.4, 0.5) is 0 Å².